The highest BCUT2D eigenvalue weighted by atomic mass is 35.5. The topological polar surface area (TPSA) is 29.1 Å². The molecule has 1 heterocycles. The monoisotopic (exact) mass is 217 g/mol. The second kappa shape index (κ2) is 3.68. The van der Waals surface area contributed by atoms with Crippen molar-refractivity contribution in [3.05, 3.63) is 15.8 Å². The van der Waals surface area contributed by atoms with Gasteiger partial charge >= 0.3 is 0 Å². The summed E-state index contributed by atoms with van der Waals surface area (Å²) in [6.07, 6.45) is 0. The van der Waals surface area contributed by atoms with Crippen molar-refractivity contribution in [2.75, 3.05) is 5.32 Å². The van der Waals surface area contributed by atoms with E-state index in [9.17, 15) is 4.79 Å². The summed E-state index contributed by atoms with van der Waals surface area (Å²) in [6.45, 7) is 5.61. The number of halogens is 1. The van der Waals surface area contributed by atoms with Crippen molar-refractivity contribution in [2.24, 2.45) is 5.41 Å². The molecule has 4 heteroatoms. The Kier molecular flexibility index (Phi) is 2.98. The summed E-state index contributed by atoms with van der Waals surface area (Å²) in [5.41, 5.74) is 0.406. The third kappa shape index (κ3) is 3.01. The molecule has 0 aromatic carbocycles. The molecule has 1 aromatic heterocycles. The molecule has 0 saturated carbocycles. The van der Waals surface area contributed by atoms with Gasteiger partial charge < -0.3 is 5.32 Å². The van der Waals surface area contributed by atoms with E-state index in [4.69, 9.17) is 11.6 Å². The molecule has 0 saturated heterocycles. The van der Waals surface area contributed by atoms with E-state index in [0.29, 0.717) is 4.34 Å². The molecule has 0 aliphatic heterocycles. The van der Waals surface area contributed by atoms with Crippen LogP contribution in [-0.4, -0.2) is 5.91 Å². The van der Waals surface area contributed by atoms with E-state index in [1.165, 1.54) is 11.3 Å². The van der Waals surface area contributed by atoms with Crippen LogP contribution in [0.4, 0.5) is 5.69 Å². The van der Waals surface area contributed by atoms with E-state index in [0.717, 1.165) is 5.69 Å². The average molecular weight is 218 g/mol. The SMILES string of the molecule is CC(C)(C)C(=O)Nc1csc(Cl)c1. The van der Waals surface area contributed by atoms with Crippen molar-refractivity contribution in [1.82, 2.24) is 0 Å². The lowest BCUT2D eigenvalue weighted by molar-refractivity contribution is -0.123. The third-order valence-electron chi connectivity index (χ3n) is 1.51. The van der Waals surface area contributed by atoms with Crippen LogP contribution < -0.4 is 5.32 Å². The van der Waals surface area contributed by atoms with Crippen molar-refractivity contribution >= 4 is 34.5 Å². The van der Waals surface area contributed by atoms with E-state index >= 15 is 0 Å². The van der Waals surface area contributed by atoms with Gasteiger partial charge in [-0.15, -0.1) is 11.3 Å². The second-order valence-corrected chi connectivity index (χ2v) is 5.39. The normalized spacial score (nSPS) is 11.4. The lowest BCUT2D eigenvalue weighted by Gasteiger charge is -2.16. The largest absolute Gasteiger partial charge is 0.325 e. The maximum atomic E-state index is 11.5. The van der Waals surface area contributed by atoms with Crippen LogP contribution in [0, 0.1) is 5.41 Å². The summed E-state index contributed by atoms with van der Waals surface area (Å²) >= 11 is 7.13. The highest BCUT2D eigenvalue weighted by molar-refractivity contribution is 7.14. The minimum atomic E-state index is -0.367. The molecule has 0 atom stereocenters. The van der Waals surface area contributed by atoms with Gasteiger partial charge in [-0.3, -0.25) is 4.79 Å². The Bertz CT molecular complexity index is 314. The maximum absolute atomic E-state index is 11.5. The van der Waals surface area contributed by atoms with E-state index in [2.05, 4.69) is 5.32 Å². The smallest absolute Gasteiger partial charge is 0.229 e. The number of carbonyl (C=O) groups excluding carboxylic acids is 1. The van der Waals surface area contributed by atoms with Gasteiger partial charge in [0.2, 0.25) is 5.91 Å². The van der Waals surface area contributed by atoms with Gasteiger partial charge in [-0.25, -0.2) is 0 Å². The predicted octanol–water partition coefficient (Wildman–Crippen LogP) is 3.39. The lowest BCUT2D eigenvalue weighted by atomic mass is 9.96. The first-order chi connectivity index (χ1) is 5.89. The Balaban J connectivity index is 2.65. The van der Waals surface area contributed by atoms with Gasteiger partial charge in [0, 0.05) is 10.8 Å². The number of amides is 1. The van der Waals surface area contributed by atoms with Crippen LogP contribution in [0.2, 0.25) is 4.34 Å². The Morgan fingerprint density at radius 2 is 2.15 bits per heavy atom. The van der Waals surface area contributed by atoms with Crippen LogP contribution in [-0.2, 0) is 4.79 Å². The molecular weight excluding hydrogens is 206 g/mol. The van der Waals surface area contributed by atoms with E-state index in [-0.39, 0.29) is 11.3 Å². The molecule has 0 fully saturated rings. The first-order valence-corrected chi connectivity index (χ1v) is 5.21. The van der Waals surface area contributed by atoms with Crippen LogP contribution in [0.5, 0.6) is 0 Å². The zero-order chi connectivity index (χ0) is 10.1. The van der Waals surface area contributed by atoms with E-state index in [1.807, 2.05) is 26.2 Å². The summed E-state index contributed by atoms with van der Waals surface area (Å²) in [7, 11) is 0. The molecule has 1 N–H and O–H groups in total. The Morgan fingerprint density at radius 3 is 2.54 bits per heavy atom. The molecule has 13 heavy (non-hydrogen) atoms. The molecular formula is C9H12ClNOS. The maximum Gasteiger partial charge on any atom is 0.229 e. The molecule has 1 aromatic rings. The number of hydrogen-bond donors (Lipinski definition) is 1. The minimum Gasteiger partial charge on any atom is -0.325 e. The number of thiophene rings is 1. The van der Waals surface area contributed by atoms with E-state index < -0.39 is 0 Å². The fraction of sp³-hybridized carbons (Fsp3) is 0.444. The lowest BCUT2D eigenvalue weighted by Crippen LogP contribution is -2.27. The van der Waals surface area contributed by atoms with Gasteiger partial charge in [-0.05, 0) is 6.07 Å². The second-order valence-electron chi connectivity index (χ2n) is 3.84. The first kappa shape index (κ1) is 10.5. The molecule has 0 aliphatic rings. The quantitative estimate of drug-likeness (QED) is 0.768. The van der Waals surface area contributed by atoms with Crippen molar-refractivity contribution < 1.29 is 4.79 Å². The van der Waals surface area contributed by atoms with Crippen LogP contribution in [0.1, 0.15) is 20.8 Å². The number of anilines is 1. The minimum absolute atomic E-state index is 0.00182. The zero-order valence-electron chi connectivity index (χ0n) is 7.85. The molecule has 0 bridgehead atoms. The standard InChI is InChI=1S/C9H12ClNOS/c1-9(2,3)8(12)11-6-4-7(10)13-5-6/h4-5H,1-3H3,(H,11,12). The summed E-state index contributed by atoms with van der Waals surface area (Å²) in [6, 6.07) is 1.75. The molecule has 0 aliphatic carbocycles. The number of nitrogens with one attached hydrogen (secondary N) is 1. The molecule has 0 unspecified atom stereocenters. The first-order valence-electron chi connectivity index (χ1n) is 3.95. The van der Waals surface area contributed by atoms with Crippen molar-refractivity contribution in [1.29, 1.82) is 0 Å². The van der Waals surface area contributed by atoms with Gasteiger partial charge in [0.25, 0.3) is 0 Å². The average Bonchev–Trinajstić information content (AvgIpc) is 2.33. The number of carbonyl (C=O) groups is 1. The van der Waals surface area contributed by atoms with Crippen LogP contribution in [0.25, 0.3) is 0 Å². The fourth-order valence-corrected chi connectivity index (χ4v) is 1.51. The van der Waals surface area contributed by atoms with Gasteiger partial charge in [0.15, 0.2) is 0 Å². The Labute approximate surface area is 86.9 Å². The number of hydrogen-bond acceptors (Lipinski definition) is 2. The summed E-state index contributed by atoms with van der Waals surface area (Å²) in [5, 5.41) is 4.62. The number of rotatable bonds is 1. The Hall–Kier alpha value is -0.540. The van der Waals surface area contributed by atoms with Gasteiger partial charge in [-0.1, -0.05) is 32.4 Å². The molecule has 2 nitrogen and oxygen atoms in total. The third-order valence-corrected chi connectivity index (χ3v) is 2.60. The van der Waals surface area contributed by atoms with Crippen molar-refractivity contribution in [3.8, 4) is 0 Å². The fourth-order valence-electron chi connectivity index (χ4n) is 0.694. The highest BCUT2D eigenvalue weighted by Crippen LogP contribution is 2.25. The molecule has 1 rings (SSSR count). The Morgan fingerprint density at radius 1 is 1.54 bits per heavy atom. The van der Waals surface area contributed by atoms with Crippen molar-refractivity contribution in [2.45, 2.75) is 20.8 Å². The summed E-state index contributed by atoms with van der Waals surface area (Å²) < 4.78 is 0.684. The molecule has 72 valence electrons. The molecule has 0 spiro atoms. The molecule has 1 amide bonds. The predicted molar refractivity (Wildman–Crippen MR) is 57.4 cm³/mol. The molecule has 0 radical (unpaired) electrons. The van der Waals surface area contributed by atoms with Crippen LogP contribution >= 0.6 is 22.9 Å². The van der Waals surface area contributed by atoms with Gasteiger partial charge in [-0.2, -0.15) is 0 Å². The summed E-state index contributed by atoms with van der Waals surface area (Å²) in [5.74, 6) is 0.00182. The zero-order valence-corrected chi connectivity index (χ0v) is 9.42. The van der Waals surface area contributed by atoms with Gasteiger partial charge in [0.05, 0.1) is 10.0 Å². The van der Waals surface area contributed by atoms with Crippen LogP contribution in [0.15, 0.2) is 11.4 Å². The van der Waals surface area contributed by atoms with Crippen LogP contribution in [0.3, 0.4) is 0 Å². The van der Waals surface area contributed by atoms with E-state index in [1.54, 1.807) is 6.07 Å². The highest BCUT2D eigenvalue weighted by Gasteiger charge is 2.21. The van der Waals surface area contributed by atoms with Gasteiger partial charge in [0.1, 0.15) is 0 Å². The summed E-state index contributed by atoms with van der Waals surface area (Å²) in [4.78, 5) is 11.5. The van der Waals surface area contributed by atoms with Crippen molar-refractivity contribution in [3.63, 3.8) is 0 Å².